The lowest BCUT2D eigenvalue weighted by molar-refractivity contribution is -0.131. The average molecular weight is 248 g/mol. The van der Waals surface area contributed by atoms with Gasteiger partial charge in [0, 0.05) is 18.1 Å². The zero-order chi connectivity index (χ0) is 13.3. The van der Waals surface area contributed by atoms with E-state index >= 15 is 0 Å². The van der Waals surface area contributed by atoms with Crippen molar-refractivity contribution in [2.75, 3.05) is 7.11 Å². The monoisotopic (exact) mass is 248 g/mol. The molecule has 0 fully saturated rings. The Morgan fingerprint density at radius 1 is 1.50 bits per heavy atom. The number of carboxylic acids is 1. The largest absolute Gasteiger partial charge is 0.497 e. The molecular weight excluding hydrogens is 232 g/mol. The number of ether oxygens (including phenoxy) is 2. The first kappa shape index (κ1) is 12.5. The lowest BCUT2D eigenvalue weighted by atomic mass is 9.89. The molecule has 1 aromatic carbocycles. The van der Waals surface area contributed by atoms with E-state index in [1.165, 1.54) is 6.08 Å². The van der Waals surface area contributed by atoms with Crippen LogP contribution in [0, 0.1) is 0 Å². The smallest absolute Gasteiger partial charge is 0.328 e. The number of methoxy groups -OCH3 is 1. The molecule has 1 heterocycles. The summed E-state index contributed by atoms with van der Waals surface area (Å²) in [6.07, 6.45) is 1.79. The van der Waals surface area contributed by atoms with E-state index in [4.69, 9.17) is 14.6 Å². The molecule has 18 heavy (non-hydrogen) atoms. The van der Waals surface area contributed by atoms with Gasteiger partial charge in [-0.3, -0.25) is 0 Å². The molecule has 4 nitrogen and oxygen atoms in total. The minimum atomic E-state index is -0.948. The number of carboxylic acid groups (broad SMARTS) is 1. The summed E-state index contributed by atoms with van der Waals surface area (Å²) in [5.41, 5.74) is 1.15. The van der Waals surface area contributed by atoms with Gasteiger partial charge in [0.05, 0.1) is 7.11 Å². The number of carbonyl (C=O) groups is 1. The van der Waals surface area contributed by atoms with Gasteiger partial charge in [-0.05, 0) is 37.6 Å². The minimum absolute atomic E-state index is 0.400. The summed E-state index contributed by atoms with van der Waals surface area (Å²) in [5.74, 6) is 0.435. The zero-order valence-corrected chi connectivity index (χ0v) is 10.7. The maximum Gasteiger partial charge on any atom is 0.328 e. The Kier molecular flexibility index (Phi) is 3.03. The summed E-state index contributed by atoms with van der Waals surface area (Å²) in [6, 6.07) is 5.42. The van der Waals surface area contributed by atoms with Crippen LogP contribution in [-0.2, 0) is 4.79 Å². The van der Waals surface area contributed by atoms with Gasteiger partial charge >= 0.3 is 5.97 Å². The van der Waals surface area contributed by atoms with E-state index in [1.54, 1.807) is 19.2 Å². The highest BCUT2D eigenvalue weighted by Crippen LogP contribution is 2.41. The molecule has 0 saturated carbocycles. The van der Waals surface area contributed by atoms with Crippen molar-refractivity contribution >= 4 is 11.5 Å². The Labute approximate surface area is 106 Å². The maximum absolute atomic E-state index is 10.9. The van der Waals surface area contributed by atoms with Crippen molar-refractivity contribution < 1.29 is 19.4 Å². The van der Waals surface area contributed by atoms with E-state index < -0.39 is 11.6 Å². The highest BCUT2D eigenvalue weighted by atomic mass is 16.5. The van der Waals surface area contributed by atoms with Crippen LogP contribution in [0.5, 0.6) is 11.5 Å². The first-order chi connectivity index (χ1) is 8.41. The van der Waals surface area contributed by atoms with E-state index in [-0.39, 0.29) is 0 Å². The molecule has 2 rings (SSSR count). The topological polar surface area (TPSA) is 55.8 Å². The molecule has 0 atom stereocenters. The first-order valence-electron chi connectivity index (χ1n) is 5.72. The molecule has 4 heteroatoms. The Morgan fingerprint density at radius 3 is 2.83 bits per heavy atom. The fourth-order valence-corrected chi connectivity index (χ4v) is 2.14. The van der Waals surface area contributed by atoms with Crippen LogP contribution in [0.2, 0.25) is 0 Å². The van der Waals surface area contributed by atoms with Crippen molar-refractivity contribution in [2.45, 2.75) is 25.9 Å². The molecule has 0 aromatic heterocycles. The summed E-state index contributed by atoms with van der Waals surface area (Å²) in [5, 5.41) is 8.94. The highest BCUT2D eigenvalue weighted by molar-refractivity contribution is 5.91. The van der Waals surface area contributed by atoms with Gasteiger partial charge in [-0.15, -0.1) is 0 Å². The fourth-order valence-electron chi connectivity index (χ4n) is 2.14. The van der Waals surface area contributed by atoms with E-state index in [2.05, 4.69) is 0 Å². The maximum atomic E-state index is 10.9. The molecule has 0 amide bonds. The van der Waals surface area contributed by atoms with Crippen LogP contribution >= 0.6 is 0 Å². The Bertz CT molecular complexity index is 515. The third-order valence-corrected chi connectivity index (χ3v) is 2.83. The van der Waals surface area contributed by atoms with Crippen LogP contribution in [0.15, 0.2) is 24.3 Å². The summed E-state index contributed by atoms with van der Waals surface area (Å²) < 4.78 is 11.0. The molecule has 1 aromatic rings. The predicted molar refractivity (Wildman–Crippen MR) is 67.9 cm³/mol. The molecule has 1 aliphatic rings. The molecule has 96 valence electrons. The van der Waals surface area contributed by atoms with Crippen molar-refractivity contribution in [3.63, 3.8) is 0 Å². The molecule has 1 N–H and O–H groups in total. The molecule has 1 aliphatic heterocycles. The van der Waals surface area contributed by atoms with E-state index in [0.29, 0.717) is 17.9 Å². The van der Waals surface area contributed by atoms with Crippen molar-refractivity contribution in [1.82, 2.24) is 0 Å². The molecule has 0 aliphatic carbocycles. The van der Waals surface area contributed by atoms with Gasteiger partial charge in [0.15, 0.2) is 0 Å². The summed E-state index contributed by atoms with van der Waals surface area (Å²) in [4.78, 5) is 10.9. The quantitative estimate of drug-likeness (QED) is 0.817. The second kappa shape index (κ2) is 4.37. The van der Waals surface area contributed by atoms with Gasteiger partial charge in [0.1, 0.15) is 17.1 Å². The first-order valence-corrected chi connectivity index (χ1v) is 5.72. The van der Waals surface area contributed by atoms with Crippen LogP contribution in [-0.4, -0.2) is 23.8 Å². The van der Waals surface area contributed by atoms with Gasteiger partial charge in [-0.2, -0.15) is 0 Å². The third kappa shape index (κ3) is 2.47. The lowest BCUT2D eigenvalue weighted by Gasteiger charge is -2.34. The van der Waals surface area contributed by atoms with Gasteiger partial charge in [-0.1, -0.05) is 0 Å². The second-order valence-corrected chi connectivity index (χ2v) is 4.91. The molecule has 0 spiro atoms. The number of benzene rings is 1. The molecular formula is C14H16O4. The molecule has 0 bridgehead atoms. The minimum Gasteiger partial charge on any atom is -0.497 e. The van der Waals surface area contributed by atoms with Crippen LogP contribution in [0.3, 0.4) is 0 Å². The number of rotatable bonds is 2. The zero-order valence-electron chi connectivity index (χ0n) is 10.7. The van der Waals surface area contributed by atoms with Crippen LogP contribution in [0.4, 0.5) is 0 Å². The van der Waals surface area contributed by atoms with Crippen molar-refractivity contribution in [2.24, 2.45) is 0 Å². The number of hydrogen-bond donors (Lipinski definition) is 1. The van der Waals surface area contributed by atoms with Crippen LogP contribution < -0.4 is 9.47 Å². The van der Waals surface area contributed by atoms with Gasteiger partial charge in [0.25, 0.3) is 0 Å². The van der Waals surface area contributed by atoms with Crippen LogP contribution in [0.25, 0.3) is 5.57 Å². The van der Waals surface area contributed by atoms with Crippen molar-refractivity contribution in [3.8, 4) is 11.5 Å². The Balaban J connectivity index is 2.54. The Morgan fingerprint density at radius 2 is 2.22 bits per heavy atom. The third-order valence-electron chi connectivity index (χ3n) is 2.83. The summed E-state index contributed by atoms with van der Waals surface area (Å²) in [7, 11) is 1.58. The Hall–Kier alpha value is -1.97. The summed E-state index contributed by atoms with van der Waals surface area (Å²) in [6.45, 7) is 3.88. The molecule has 0 saturated heterocycles. The standard InChI is InChI=1S/C14H16O4/c1-14(2)8-9(6-13(15)16)11-7-10(17-3)4-5-12(11)18-14/h4-7H,8H2,1-3H3,(H,15,16)/b9-6+. The number of aliphatic carboxylic acids is 1. The van der Waals surface area contributed by atoms with E-state index in [0.717, 1.165) is 11.1 Å². The molecule has 0 unspecified atom stereocenters. The van der Waals surface area contributed by atoms with Gasteiger partial charge in [0.2, 0.25) is 0 Å². The van der Waals surface area contributed by atoms with E-state index in [1.807, 2.05) is 19.9 Å². The lowest BCUT2D eigenvalue weighted by Crippen LogP contribution is -2.32. The highest BCUT2D eigenvalue weighted by Gasteiger charge is 2.30. The van der Waals surface area contributed by atoms with Crippen molar-refractivity contribution in [1.29, 1.82) is 0 Å². The fraction of sp³-hybridized carbons (Fsp3) is 0.357. The SMILES string of the molecule is COc1ccc2c(c1)/C(=C/C(=O)O)CC(C)(C)O2. The van der Waals surface area contributed by atoms with E-state index in [9.17, 15) is 4.79 Å². The number of hydrogen-bond acceptors (Lipinski definition) is 3. The normalized spacial score (nSPS) is 18.9. The second-order valence-electron chi connectivity index (χ2n) is 4.91. The molecule has 0 radical (unpaired) electrons. The average Bonchev–Trinajstić information content (AvgIpc) is 2.26. The summed E-state index contributed by atoms with van der Waals surface area (Å²) >= 11 is 0. The van der Waals surface area contributed by atoms with Crippen LogP contribution in [0.1, 0.15) is 25.8 Å². The predicted octanol–water partition coefficient (Wildman–Crippen LogP) is 2.72. The van der Waals surface area contributed by atoms with Gasteiger partial charge < -0.3 is 14.6 Å². The number of fused-ring (bicyclic) bond motifs is 1. The van der Waals surface area contributed by atoms with Gasteiger partial charge in [-0.25, -0.2) is 4.79 Å². The van der Waals surface area contributed by atoms with Crippen molar-refractivity contribution in [3.05, 3.63) is 29.8 Å².